The molecule has 1 fully saturated rings. The number of carbonyl (C=O) groups is 4. The van der Waals surface area contributed by atoms with Gasteiger partial charge in [0.2, 0.25) is 6.79 Å². The Labute approximate surface area is 246 Å². The SMILES string of the molecule is CO/N=C(\C(=O)NC1C(=O)N2C(C(=O)OCOC(=O)C(C)(C)C)=C(CSc3nc(C)ns3)CS[C@H]12)c1cscn1. The Morgan fingerprint density at radius 2 is 2.05 bits per heavy atom. The van der Waals surface area contributed by atoms with Gasteiger partial charge in [0.1, 0.15) is 35.7 Å². The van der Waals surface area contributed by atoms with E-state index < -0.39 is 47.4 Å². The summed E-state index contributed by atoms with van der Waals surface area (Å²) >= 11 is 5.31. The first-order valence-corrected chi connectivity index (χ1v) is 15.5. The maximum absolute atomic E-state index is 13.3. The normalized spacial score (nSPS) is 19.1. The van der Waals surface area contributed by atoms with Gasteiger partial charge in [-0.05, 0) is 44.8 Å². The van der Waals surface area contributed by atoms with Crippen molar-refractivity contribution in [1.82, 2.24) is 24.6 Å². The Hall–Kier alpha value is -3.02. The number of fused-ring (bicyclic) bond motifs is 1. The van der Waals surface area contributed by atoms with Crippen molar-refractivity contribution in [1.29, 1.82) is 0 Å². The van der Waals surface area contributed by atoms with Crippen LogP contribution in [0.1, 0.15) is 32.3 Å². The molecule has 17 heteroatoms. The monoisotopic (exact) mass is 626 g/mol. The van der Waals surface area contributed by atoms with Crippen LogP contribution in [-0.2, 0) is 33.5 Å². The molecule has 2 aliphatic heterocycles. The average molecular weight is 627 g/mol. The first-order chi connectivity index (χ1) is 19.0. The van der Waals surface area contributed by atoms with Gasteiger partial charge in [0, 0.05) is 16.9 Å². The highest BCUT2D eigenvalue weighted by Crippen LogP contribution is 2.42. The molecule has 1 saturated heterocycles. The zero-order valence-corrected chi connectivity index (χ0v) is 25.4. The van der Waals surface area contributed by atoms with Crippen LogP contribution in [0.25, 0.3) is 0 Å². The molecule has 0 aromatic carbocycles. The molecule has 214 valence electrons. The molecule has 4 rings (SSSR count). The quantitative estimate of drug-likeness (QED) is 0.102. The van der Waals surface area contributed by atoms with Gasteiger partial charge in [0.15, 0.2) is 10.1 Å². The molecule has 2 aromatic rings. The standard InChI is InChI=1S/C23H26N6O7S4/c1-11-25-22(40-28-11)39-7-12-6-38-19-15(26-17(30)14(27-34-5)13-8-37-9-24-13)18(31)29(19)16(12)20(32)35-10-36-21(33)23(2,3)4/h8-9,15,19H,6-7,10H2,1-5H3,(H,26,30)/b27-14-/t15?,19-/m1/s1. The van der Waals surface area contributed by atoms with Crippen molar-refractivity contribution < 1.29 is 33.5 Å². The summed E-state index contributed by atoms with van der Waals surface area (Å²) < 4.78 is 15.2. The Morgan fingerprint density at radius 1 is 1.27 bits per heavy atom. The predicted molar refractivity (Wildman–Crippen MR) is 150 cm³/mol. The zero-order chi connectivity index (χ0) is 29.0. The number of β-lactam (4-membered cyclic amide) rings is 1. The van der Waals surface area contributed by atoms with Gasteiger partial charge in [-0.25, -0.2) is 14.8 Å². The Bertz CT molecular complexity index is 1350. The number of hydrogen-bond acceptors (Lipinski definition) is 15. The number of aryl methyl sites for hydroxylation is 1. The van der Waals surface area contributed by atoms with Gasteiger partial charge in [0.25, 0.3) is 11.8 Å². The van der Waals surface area contributed by atoms with Gasteiger partial charge in [0.05, 0.1) is 10.9 Å². The van der Waals surface area contributed by atoms with E-state index in [4.69, 9.17) is 14.3 Å². The van der Waals surface area contributed by atoms with Crippen molar-refractivity contribution >= 4 is 75.9 Å². The average Bonchev–Trinajstić information content (AvgIpc) is 3.59. The molecule has 0 aliphatic carbocycles. The Kier molecular flexibility index (Phi) is 9.48. The fraction of sp³-hybridized carbons (Fsp3) is 0.478. The lowest BCUT2D eigenvalue weighted by Gasteiger charge is -2.49. The minimum Gasteiger partial charge on any atom is -0.427 e. The van der Waals surface area contributed by atoms with Crippen LogP contribution in [0.4, 0.5) is 0 Å². The van der Waals surface area contributed by atoms with E-state index in [0.29, 0.717) is 28.6 Å². The van der Waals surface area contributed by atoms with Crippen molar-refractivity contribution in [3.63, 3.8) is 0 Å². The number of nitrogens with one attached hydrogen (secondary N) is 1. The number of aromatic nitrogens is 3. The van der Waals surface area contributed by atoms with Crippen LogP contribution in [0.15, 0.2) is 31.7 Å². The first-order valence-electron chi connectivity index (χ1n) is 11.8. The van der Waals surface area contributed by atoms with Crippen molar-refractivity contribution in [3.8, 4) is 0 Å². The smallest absolute Gasteiger partial charge is 0.357 e. The molecule has 40 heavy (non-hydrogen) atoms. The molecular weight excluding hydrogens is 601 g/mol. The van der Waals surface area contributed by atoms with Gasteiger partial charge in [-0.3, -0.25) is 19.3 Å². The highest BCUT2D eigenvalue weighted by Gasteiger charge is 2.54. The van der Waals surface area contributed by atoms with E-state index in [0.717, 1.165) is 4.34 Å². The van der Waals surface area contributed by atoms with Crippen molar-refractivity contribution in [2.75, 3.05) is 25.4 Å². The fourth-order valence-corrected chi connectivity index (χ4v) is 7.19. The largest absolute Gasteiger partial charge is 0.427 e. The molecule has 0 radical (unpaired) electrons. The summed E-state index contributed by atoms with van der Waals surface area (Å²) in [7, 11) is 1.30. The molecule has 1 unspecified atom stereocenters. The number of oxime groups is 1. The molecule has 2 aromatic heterocycles. The minimum absolute atomic E-state index is 0.0603. The van der Waals surface area contributed by atoms with E-state index in [1.807, 2.05) is 0 Å². The number of hydrogen-bond donors (Lipinski definition) is 1. The van der Waals surface area contributed by atoms with E-state index in [-0.39, 0.29) is 11.4 Å². The molecule has 4 heterocycles. The van der Waals surface area contributed by atoms with Gasteiger partial charge in [-0.1, -0.05) is 16.9 Å². The van der Waals surface area contributed by atoms with Crippen LogP contribution in [0, 0.1) is 12.3 Å². The van der Waals surface area contributed by atoms with E-state index in [2.05, 4.69) is 24.8 Å². The van der Waals surface area contributed by atoms with Gasteiger partial charge < -0.3 is 19.6 Å². The van der Waals surface area contributed by atoms with Crippen LogP contribution in [0.3, 0.4) is 0 Å². The molecule has 13 nitrogen and oxygen atoms in total. The second kappa shape index (κ2) is 12.7. The van der Waals surface area contributed by atoms with Crippen molar-refractivity contribution in [2.24, 2.45) is 10.6 Å². The summed E-state index contributed by atoms with van der Waals surface area (Å²) in [6, 6.07) is -0.917. The highest BCUT2D eigenvalue weighted by atomic mass is 32.2. The summed E-state index contributed by atoms with van der Waals surface area (Å²) in [6.07, 6.45) is 0. The molecular formula is C23H26N6O7S4. The topological polar surface area (TPSA) is 162 Å². The van der Waals surface area contributed by atoms with Crippen LogP contribution in [0.5, 0.6) is 0 Å². The fourth-order valence-electron chi connectivity index (χ4n) is 3.52. The zero-order valence-electron chi connectivity index (χ0n) is 22.2. The maximum atomic E-state index is 13.3. The Balaban J connectivity index is 1.51. The summed E-state index contributed by atoms with van der Waals surface area (Å²) in [5.41, 5.74) is 1.71. The van der Waals surface area contributed by atoms with Crippen molar-refractivity contribution in [3.05, 3.63) is 33.7 Å². The van der Waals surface area contributed by atoms with E-state index in [1.165, 1.54) is 58.4 Å². The lowest BCUT2D eigenvalue weighted by Crippen LogP contribution is -2.71. The van der Waals surface area contributed by atoms with E-state index >= 15 is 0 Å². The number of carbonyl (C=O) groups excluding carboxylic acids is 4. The second-order valence-electron chi connectivity index (χ2n) is 9.44. The van der Waals surface area contributed by atoms with Crippen molar-refractivity contribution in [2.45, 2.75) is 43.5 Å². The predicted octanol–water partition coefficient (Wildman–Crippen LogP) is 2.19. The molecule has 0 bridgehead atoms. The summed E-state index contributed by atoms with van der Waals surface area (Å²) in [5.74, 6) is -1.08. The summed E-state index contributed by atoms with van der Waals surface area (Å²) in [6.45, 7) is 6.22. The van der Waals surface area contributed by atoms with Gasteiger partial charge in [-0.2, -0.15) is 4.37 Å². The molecule has 0 spiro atoms. The third-order valence-corrected chi connectivity index (χ3v) is 9.41. The number of amides is 2. The van der Waals surface area contributed by atoms with Gasteiger partial charge in [-0.15, -0.1) is 23.1 Å². The number of thioether (sulfide) groups is 2. The lowest BCUT2D eigenvalue weighted by atomic mass is 9.98. The van der Waals surface area contributed by atoms with Crippen LogP contribution >= 0.6 is 46.4 Å². The summed E-state index contributed by atoms with van der Waals surface area (Å²) in [4.78, 5) is 66.1. The second-order valence-corrected chi connectivity index (χ2v) is 13.2. The van der Waals surface area contributed by atoms with Crippen LogP contribution < -0.4 is 5.32 Å². The number of thiazole rings is 1. The third-order valence-electron chi connectivity index (χ3n) is 5.47. The summed E-state index contributed by atoms with van der Waals surface area (Å²) in [5, 5.41) is 7.52. The van der Waals surface area contributed by atoms with Crippen LogP contribution in [0.2, 0.25) is 0 Å². The third kappa shape index (κ3) is 6.64. The van der Waals surface area contributed by atoms with E-state index in [9.17, 15) is 19.2 Å². The lowest BCUT2D eigenvalue weighted by molar-refractivity contribution is -0.173. The number of ether oxygens (including phenoxy) is 2. The molecule has 2 amide bonds. The van der Waals surface area contributed by atoms with Crippen LogP contribution in [-0.4, -0.2) is 85.5 Å². The number of nitrogens with zero attached hydrogens (tertiary/aromatic N) is 5. The van der Waals surface area contributed by atoms with Gasteiger partial charge >= 0.3 is 11.9 Å². The first kappa shape index (κ1) is 30.0. The Morgan fingerprint density at radius 3 is 2.67 bits per heavy atom. The number of rotatable bonds is 10. The number of esters is 2. The minimum atomic E-state index is -0.917. The molecule has 1 N–H and O–H groups in total. The molecule has 2 aliphatic rings. The molecule has 0 saturated carbocycles. The maximum Gasteiger partial charge on any atom is 0.357 e. The highest BCUT2D eigenvalue weighted by molar-refractivity contribution is 8.01. The molecule has 2 atom stereocenters. The van der Waals surface area contributed by atoms with E-state index in [1.54, 1.807) is 38.6 Å².